The van der Waals surface area contributed by atoms with Crippen LogP contribution in [0.3, 0.4) is 0 Å². The highest BCUT2D eigenvalue weighted by Crippen LogP contribution is 2.41. The first-order valence-corrected chi connectivity index (χ1v) is 33.9. The van der Waals surface area contributed by atoms with Crippen LogP contribution in [0.1, 0.15) is 103 Å². The summed E-state index contributed by atoms with van der Waals surface area (Å²) in [6.45, 7) is 35.0. The van der Waals surface area contributed by atoms with E-state index in [9.17, 15) is 4.79 Å². The second-order valence-corrected chi connectivity index (χ2v) is 38.7. The molecule has 0 saturated heterocycles. The molecule has 10 heteroatoms. The highest BCUT2D eigenvalue weighted by molar-refractivity contribution is 6.99. The van der Waals surface area contributed by atoms with Gasteiger partial charge in [-0.15, -0.1) is 0 Å². The summed E-state index contributed by atoms with van der Waals surface area (Å²) < 4.78 is 35.4. The Hall–Kier alpha value is -2.68. The molecule has 6 nitrogen and oxygen atoms in total. The summed E-state index contributed by atoms with van der Waals surface area (Å²) in [4.78, 5) is 12.3. The predicted molar refractivity (Wildman–Crippen MR) is 279 cm³/mol. The number of rotatable bonds is 25. The zero-order valence-electron chi connectivity index (χ0n) is 42.1. The zero-order chi connectivity index (χ0) is 47.0. The average Bonchev–Trinajstić information content (AvgIpc) is 3.25. The lowest BCUT2D eigenvalue weighted by Gasteiger charge is -2.48. The van der Waals surface area contributed by atoms with Gasteiger partial charge in [-0.2, -0.15) is 0 Å². The average molecular weight is 932 g/mol. The van der Waals surface area contributed by atoms with Crippen molar-refractivity contribution in [3.05, 3.63) is 121 Å². The fraction of sp³-hybridized carbons (Fsp3) is 0.566. The van der Waals surface area contributed by atoms with Crippen molar-refractivity contribution in [3.63, 3.8) is 0 Å². The predicted octanol–water partition coefficient (Wildman–Crippen LogP) is 13.6. The van der Waals surface area contributed by atoms with Crippen LogP contribution in [0.2, 0.25) is 59.4 Å². The number of hydrogen-bond acceptors (Lipinski definition) is 6. The Morgan fingerprint density at radius 3 is 1.70 bits per heavy atom. The Morgan fingerprint density at radius 1 is 0.698 bits per heavy atom. The van der Waals surface area contributed by atoms with Crippen molar-refractivity contribution in [2.24, 2.45) is 0 Å². The van der Waals surface area contributed by atoms with Crippen LogP contribution in [-0.2, 0) is 27.2 Å². The summed E-state index contributed by atoms with van der Waals surface area (Å²) in [6, 6.07) is 27.7. The second kappa shape index (κ2) is 24.2. The Kier molecular flexibility index (Phi) is 21.0. The third kappa shape index (κ3) is 14.7. The third-order valence-electron chi connectivity index (χ3n) is 14.2. The molecular weight excluding hydrogens is 845 g/mol. The standard InChI is InChI=1S/C53H86O6Si4/c1-16-61(17-2,18-3)58-49(53(13,59-62(19-4,20-5)21-6)42-41-45-35-33-40-50(54)56-45)44-46(57-60(14,15)51(7,8)9)34-27-23-22-24-32-43-55-63(52(10,11)12,47-36-28-25-29-37-47)48-38-30-26-31-39-48/h22-34,36-42,45-46,49H,16-21,35,43-44H2,1-15H3/b23-22-,32-24+,34-27-,42-41?/t45-,46+,49-,53-/m1/s1. The molecule has 0 saturated carbocycles. The molecule has 0 fully saturated rings. The lowest BCUT2D eigenvalue weighted by atomic mass is 9.93. The fourth-order valence-electron chi connectivity index (χ4n) is 8.61. The SMILES string of the molecule is CC[Si](CC)(CC)O[C@H](C[C@H](\C=C/C=C\C=C\CO[Si](c1ccccc1)(c1ccccc1)C(C)(C)C)O[Si](C)(C)C(C)(C)C)[C@@](C)(C=C[C@H]1CC=CC(=O)O1)O[Si](CC)(CC)CC. The molecule has 0 bridgehead atoms. The highest BCUT2D eigenvalue weighted by Gasteiger charge is 2.50. The van der Waals surface area contributed by atoms with E-state index in [1.165, 1.54) is 16.4 Å². The van der Waals surface area contributed by atoms with Gasteiger partial charge in [-0.05, 0) is 82.8 Å². The Balaban J connectivity index is 2.05. The van der Waals surface area contributed by atoms with Gasteiger partial charge < -0.3 is 22.4 Å². The van der Waals surface area contributed by atoms with Gasteiger partial charge in [-0.25, -0.2) is 4.79 Å². The Morgan fingerprint density at radius 2 is 1.22 bits per heavy atom. The van der Waals surface area contributed by atoms with E-state index in [0.717, 1.165) is 36.3 Å². The van der Waals surface area contributed by atoms with Gasteiger partial charge in [0.1, 0.15) is 6.10 Å². The molecule has 0 aliphatic carbocycles. The van der Waals surface area contributed by atoms with Crippen molar-refractivity contribution in [2.75, 3.05) is 6.61 Å². The summed E-state index contributed by atoms with van der Waals surface area (Å²) in [5, 5.41) is 2.49. The number of cyclic esters (lactones) is 1. The molecular formula is C53H86O6Si4. The Labute approximate surface area is 389 Å². The van der Waals surface area contributed by atoms with E-state index in [0.29, 0.717) is 19.4 Å². The van der Waals surface area contributed by atoms with Gasteiger partial charge in [0.2, 0.25) is 0 Å². The molecule has 4 atom stereocenters. The topological polar surface area (TPSA) is 63.2 Å². The number of carbonyl (C=O) groups is 1. The molecule has 3 rings (SSSR count). The molecule has 0 N–H and O–H groups in total. The van der Waals surface area contributed by atoms with Crippen LogP contribution in [0.4, 0.5) is 0 Å². The minimum Gasteiger partial charge on any atom is -0.455 e. The van der Waals surface area contributed by atoms with Crippen LogP contribution in [0.5, 0.6) is 0 Å². The first-order valence-electron chi connectivity index (χ1n) is 24.0. The Bertz CT molecular complexity index is 1760. The monoisotopic (exact) mass is 931 g/mol. The molecule has 2 aromatic carbocycles. The molecule has 1 aliphatic rings. The van der Waals surface area contributed by atoms with Gasteiger partial charge in [0.25, 0.3) is 8.32 Å². The van der Waals surface area contributed by atoms with Crippen LogP contribution in [-0.4, -0.2) is 69.8 Å². The van der Waals surface area contributed by atoms with Crippen LogP contribution in [0, 0.1) is 0 Å². The van der Waals surface area contributed by atoms with E-state index in [1.807, 2.05) is 6.08 Å². The van der Waals surface area contributed by atoms with Gasteiger partial charge >= 0.3 is 5.97 Å². The molecule has 0 spiro atoms. The molecule has 1 aliphatic heterocycles. The van der Waals surface area contributed by atoms with E-state index < -0.39 is 38.9 Å². The summed E-state index contributed by atoms with van der Waals surface area (Å²) >= 11 is 0. The van der Waals surface area contributed by atoms with Crippen molar-refractivity contribution >= 4 is 49.6 Å². The van der Waals surface area contributed by atoms with E-state index >= 15 is 0 Å². The van der Waals surface area contributed by atoms with Gasteiger partial charge in [-0.1, -0.05) is 192 Å². The number of esters is 1. The quantitative estimate of drug-likeness (QED) is 0.0428. The lowest BCUT2D eigenvalue weighted by molar-refractivity contribution is -0.141. The molecule has 0 amide bonds. The van der Waals surface area contributed by atoms with Gasteiger partial charge in [0, 0.05) is 18.9 Å². The van der Waals surface area contributed by atoms with E-state index in [-0.39, 0.29) is 34.4 Å². The van der Waals surface area contributed by atoms with Crippen molar-refractivity contribution < 1.29 is 27.2 Å². The van der Waals surface area contributed by atoms with E-state index in [2.05, 4.69) is 212 Å². The number of carbonyl (C=O) groups excluding carboxylic acids is 1. The van der Waals surface area contributed by atoms with Gasteiger partial charge in [0.15, 0.2) is 25.0 Å². The molecule has 2 aromatic rings. The molecule has 0 unspecified atom stereocenters. The first-order chi connectivity index (χ1) is 29.6. The zero-order valence-corrected chi connectivity index (χ0v) is 46.1. The summed E-state index contributed by atoms with van der Waals surface area (Å²) in [7, 11) is -9.19. The van der Waals surface area contributed by atoms with Crippen LogP contribution < -0.4 is 10.4 Å². The smallest absolute Gasteiger partial charge is 0.331 e. The fourth-order valence-corrected chi connectivity index (χ4v) is 20.4. The number of benzene rings is 2. The van der Waals surface area contributed by atoms with Crippen LogP contribution >= 0.6 is 0 Å². The minimum atomic E-state index is -2.63. The van der Waals surface area contributed by atoms with Crippen LogP contribution in [0.15, 0.2) is 121 Å². The molecule has 63 heavy (non-hydrogen) atoms. The van der Waals surface area contributed by atoms with Gasteiger partial charge in [0.05, 0.1) is 24.4 Å². The number of hydrogen-bond donors (Lipinski definition) is 0. The lowest BCUT2D eigenvalue weighted by Crippen LogP contribution is -2.66. The van der Waals surface area contributed by atoms with Crippen LogP contribution in [0.25, 0.3) is 0 Å². The molecule has 0 radical (unpaired) electrons. The highest BCUT2D eigenvalue weighted by atomic mass is 28.4. The minimum absolute atomic E-state index is 0.0145. The van der Waals surface area contributed by atoms with E-state index in [4.69, 9.17) is 22.4 Å². The summed E-state index contributed by atoms with van der Waals surface area (Å²) in [6.07, 6.45) is 20.9. The van der Waals surface area contributed by atoms with Crippen molar-refractivity contribution in [1.82, 2.24) is 0 Å². The maximum absolute atomic E-state index is 12.3. The molecule has 1 heterocycles. The van der Waals surface area contributed by atoms with E-state index in [1.54, 1.807) is 0 Å². The normalized spacial score (nSPS) is 18.1. The maximum Gasteiger partial charge on any atom is 0.331 e. The second-order valence-electron chi connectivity index (χ2n) is 20.2. The summed E-state index contributed by atoms with van der Waals surface area (Å²) in [5.74, 6) is -0.303. The summed E-state index contributed by atoms with van der Waals surface area (Å²) in [5.41, 5.74) is -0.772. The number of ether oxygens (including phenoxy) is 1. The van der Waals surface area contributed by atoms with Crippen molar-refractivity contribution in [1.29, 1.82) is 0 Å². The maximum atomic E-state index is 12.3. The molecule has 0 aromatic heterocycles. The third-order valence-corrected chi connectivity index (χ3v) is 33.1. The van der Waals surface area contributed by atoms with Crippen molar-refractivity contribution in [2.45, 2.75) is 186 Å². The van der Waals surface area contributed by atoms with Gasteiger partial charge in [-0.3, -0.25) is 0 Å². The van der Waals surface area contributed by atoms with Crippen molar-refractivity contribution in [3.8, 4) is 0 Å². The largest absolute Gasteiger partial charge is 0.455 e. The molecule has 350 valence electrons. The first kappa shape index (κ1) is 54.6. The number of allylic oxidation sites excluding steroid dienone is 4.